The monoisotopic (exact) mass is 430 g/mol. The van der Waals surface area contributed by atoms with Gasteiger partial charge < -0.3 is 38.3 Å². The Hall–Kier alpha value is -2.24. The van der Waals surface area contributed by atoms with E-state index in [0.717, 1.165) is 0 Å². The van der Waals surface area contributed by atoms with Gasteiger partial charge in [-0.3, -0.25) is 14.4 Å². The van der Waals surface area contributed by atoms with Crippen LogP contribution in [0.15, 0.2) is 0 Å². The van der Waals surface area contributed by atoms with Gasteiger partial charge >= 0.3 is 5.97 Å². The van der Waals surface area contributed by atoms with E-state index >= 15 is 0 Å². The molecule has 174 valence electrons. The van der Waals surface area contributed by atoms with Crippen molar-refractivity contribution in [1.82, 2.24) is 16.0 Å². The molecule has 0 bridgehead atoms. The van der Waals surface area contributed by atoms with E-state index in [1.165, 1.54) is 0 Å². The summed E-state index contributed by atoms with van der Waals surface area (Å²) in [6.45, 7) is 4.11. The van der Waals surface area contributed by atoms with Gasteiger partial charge in [0.05, 0.1) is 12.6 Å². The molecule has 10 N–H and O–H groups in total. The third-order valence-corrected chi connectivity index (χ3v) is 4.60. The Bertz CT molecular complexity index is 558. The summed E-state index contributed by atoms with van der Waals surface area (Å²) in [7, 11) is 0. The van der Waals surface area contributed by atoms with Crippen molar-refractivity contribution in [3.63, 3.8) is 0 Å². The van der Waals surface area contributed by atoms with Crippen LogP contribution in [0.25, 0.3) is 0 Å². The minimum atomic E-state index is -1.15. The van der Waals surface area contributed by atoms with Gasteiger partial charge in [0.25, 0.3) is 0 Å². The molecule has 0 saturated heterocycles. The molecule has 0 aliphatic rings. The number of nitrogens with one attached hydrogen (secondary N) is 3. The van der Waals surface area contributed by atoms with Crippen LogP contribution in [0.2, 0.25) is 0 Å². The molecule has 3 unspecified atom stereocenters. The van der Waals surface area contributed by atoms with E-state index < -0.39 is 41.8 Å². The first kappa shape index (κ1) is 27.8. The van der Waals surface area contributed by atoms with E-state index in [1.54, 1.807) is 13.8 Å². The quantitative estimate of drug-likeness (QED) is 0.142. The molecule has 3 atom stereocenters. The van der Waals surface area contributed by atoms with Crippen LogP contribution in [0.3, 0.4) is 0 Å². The molecule has 30 heavy (non-hydrogen) atoms. The molecule has 0 aliphatic carbocycles. The lowest BCUT2D eigenvalue weighted by atomic mass is 10.1. The fraction of sp³-hybridized carbons (Fsp3) is 0.789. The third kappa shape index (κ3) is 11.7. The van der Waals surface area contributed by atoms with Crippen LogP contribution in [0.4, 0.5) is 0 Å². The zero-order valence-corrected chi connectivity index (χ0v) is 18.0. The SMILES string of the molecule is CC(C)C(N)C(=O)NCC(=O)NC(CCCCN)C(=O)NC(CCCCN)C(=O)O. The summed E-state index contributed by atoms with van der Waals surface area (Å²) in [6, 6.07) is -2.75. The zero-order valence-electron chi connectivity index (χ0n) is 18.0. The number of carboxylic acid groups (broad SMARTS) is 1. The number of carbonyl (C=O) groups is 4. The number of unbranched alkanes of at least 4 members (excludes halogenated alkanes) is 2. The molecule has 3 amide bonds. The van der Waals surface area contributed by atoms with Gasteiger partial charge in [0, 0.05) is 0 Å². The summed E-state index contributed by atoms with van der Waals surface area (Å²) in [5.41, 5.74) is 16.6. The highest BCUT2D eigenvalue weighted by atomic mass is 16.4. The molecular weight excluding hydrogens is 392 g/mol. The predicted octanol–water partition coefficient (Wildman–Crippen LogP) is -1.60. The summed E-state index contributed by atoms with van der Waals surface area (Å²) in [5, 5.41) is 16.8. The second kappa shape index (κ2) is 15.6. The molecule has 11 nitrogen and oxygen atoms in total. The molecule has 0 saturated carbocycles. The molecule has 0 fully saturated rings. The highest BCUT2D eigenvalue weighted by Crippen LogP contribution is 2.05. The third-order valence-electron chi connectivity index (χ3n) is 4.60. The lowest BCUT2D eigenvalue weighted by molar-refractivity contribution is -0.142. The Labute approximate surface area is 177 Å². The number of rotatable bonds is 16. The van der Waals surface area contributed by atoms with Gasteiger partial charge in [-0.25, -0.2) is 4.79 Å². The average molecular weight is 431 g/mol. The number of hydrogen-bond donors (Lipinski definition) is 7. The van der Waals surface area contributed by atoms with Crippen molar-refractivity contribution >= 4 is 23.7 Å². The molecule has 0 radical (unpaired) electrons. The first-order valence-corrected chi connectivity index (χ1v) is 10.4. The maximum absolute atomic E-state index is 12.6. The van der Waals surface area contributed by atoms with E-state index in [4.69, 9.17) is 17.2 Å². The van der Waals surface area contributed by atoms with Crippen molar-refractivity contribution in [3.05, 3.63) is 0 Å². The second-order valence-corrected chi connectivity index (χ2v) is 7.58. The molecule has 0 aromatic rings. The predicted molar refractivity (Wildman–Crippen MR) is 113 cm³/mol. The van der Waals surface area contributed by atoms with E-state index in [1.807, 2.05) is 0 Å². The number of carbonyl (C=O) groups excluding carboxylic acids is 3. The minimum absolute atomic E-state index is 0.0879. The lowest BCUT2D eigenvalue weighted by Crippen LogP contribution is -2.54. The van der Waals surface area contributed by atoms with Gasteiger partial charge in [-0.1, -0.05) is 13.8 Å². The van der Waals surface area contributed by atoms with Crippen molar-refractivity contribution in [2.24, 2.45) is 23.1 Å². The van der Waals surface area contributed by atoms with Crippen LogP contribution in [0.5, 0.6) is 0 Å². The Morgan fingerprint density at radius 3 is 1.83 bits per heavy atom. The van der Waals surface area contributed by atoms with Crippen LogP contribution in [-0.4, -0.2) is 66.6 Å². The molecule has 0 aliphatic heterocycles. The smallest absolute Gasteiger partial charge is 0.326 e. The van der Waals surface area contributed by atoms with Crippen LogP contribution in [0.1, 0.15) is 52.4 Å². The normalized spacial score (nSPS) is 13.9. The maximum atomic E-state index is 12.6. The summed E-state index contributed by atoms with van der Waals surface area (Å²) in [6.07, 6.45) is 2.96. The van der Waals surface area contributed by atoms with Gasteiger partial charge in [-0.05, 0) is 57.5 Å². The second-order valence-electron chi connectivity index (χ2n) is 7.58. The van der Waals surface area contributed by atoms with Crippen LogP contribution >= 0.6 is 0 Å². The number of aliphatic carboxylic acids is 1. The fourth-order valence-electron chi connectivity index (χ4n) is 2.62. The molecule has 0 spiro atoms. The van der Waals surface area contributed by atoms with Crippen molar-refractivity contribution in [3.8, 4) is 0 Å². The van der Waals surface area contributed by atoms with E-state index in [0.29, 0.717) is 45.2 Å². The first-order valence-electron chi connectivity index (χ1n) is 10.4. The largest absolute Gasteiger partial charge is 0.480 e. The first-order chi connectivity index (χ1) is 14.1. The summed E-state index contributed by atoms with van der Waals surface area (Å²) < 4.78 is 0. The van der Waals surface area contributed by atoms with Gasteiger partial charge in [0.2, 0.25) is 17.7 Å². The Kier molecular flexibility index (Phi) is 14.4. The van der Waals surface area contributed by atoms with E-state index in [2.05, 4.69) is 16.0 Å². The van der Waals surface area contributed by atoms with Crippen molar-refractivity contribution in [2.45, 2.75) is 70.5 Å². The average Bonchev–Trinajstić information content (AvgIpc) is 2.69. The van der Waals surface area contributed by atoms with Gasteiger partial charge in [0.15, 0.2) is 0 Å². The van der Waals surface area contributed by atoms with Crippen molar-refractivity contribution < 1.29 is 24.3 Å². The van der Waals surface area contributed by atoms with E-state index in [-0.39, 0.29) is 18.9 Å². The Balaban J connectivity index is 4.89. The van der Waals surface area contributed by atoms with Gasteiger partial charge in [-0.15, -0.1) is 0 Å². The summed E-state index contributed by atoms with van der Waals surface area (Å²) in [4.78, 5) is 48.1. The highest BCUT2D eigenvalue weighted by Gasteiger charge is 2.26. The lowest BCUT2D eigenvalue weighted by Gasteiger charge is -2.22. The minimum Gasteiger partial charge on any atom is -0.480 e. The molecule has 0 rings (SSSR count). The summed E-state index contributed by atoms with van der Waals surface area (Å²) >= 11 is 0. The standard InChI is InChI=1S/C19H38N6O5/c1-12(2)16(22)18(28)23-11-15(26)24-13(7-3-5-9-20)17(27)25-14(19(29)30)8-4-6-10-21/h12-14,16H,3-11,20-22H2,1-2H3,(H,23,28)(H,24,26)(H,25,27)(H,29,30). The van der Waals surface area contributed by atoms with Crippen LogP contribution in [-0.2, 0) is 19.2 Å². The number of hydrogen-bond acceptors (Lipinski definition) is 7. The van der Waals surface area contributed by atoms with Crippen LogP contribution in [0, 0.1) is 5.92 Å². The van der Waals surface area contributed by atoms with Gasteiger partial charge in [-0.2, -0.15) is 0 Å². The summed E-state index contributed by atoms with van der Waals surface area (Å²) in [5.74, 6) is -2.86. The number of nitrogens with two attached hydrogens (primary N) is 3. The number of carboxylic acids is 1. The zero-order chi connectivity index (χ0) is 23.1. The maximum Gasteiger partial charge on any atom is 0.326 e. The molecular formula is C19H38N6O5. The topological polar surface area (TPSA) is 203 Å². The van der Waals surface area contributed by atoms with Gasteiger partial charge in [0.1, 0.15) is 12.1 Å². The van der Waals surface area contributed by atoms with Crippen molar-refractivity contribution in [1.29, 1.82) is 0 Å². The Morgan fingerprint density at radius 2 is 1.37 bits per heavy atom. The van der Waals surface area contributed by atoms with Crippen molar-refractivity contribution in [2.75, 3.05) is 19.6 Å². The molecule has 0 aromatic heterocycles. The Morgan fingerprint density at radius 1 is 0.833 bits per heavy atom. The highest BCUT2D eigenvalue weighted by molar-refractivity contribution is 5.92. The fourth-order valence-corrected chi connectivity index (χ4v) is 2.62. The van der Waals surface area contributed by atoms with Crippen LogP contribution < -0.4 is 33.2 Å². The molecule has 11 heteroatoms. The molecule has 0 heterocycles. The van der Waals surface area contributed by atoms with E-state index in [9.17, 15) is 24.3 Å². The molecule has 0 aromatic carbocycles. The number of amides is 3.